The van der Waals surface area contributed by atoms with Gasteiger partial charge in [-0.15, -0.1) is 0 Å². The van der Waals surface area contributed by atoms with Crippen molar-refractivity contribution in [3.8, 4) is 0 Å². The summed E-state index contributed by atoms with van der Waals surface area (Å²) >= 11 is 0. The Bertz CT molecular complexity index is 800. The van der Waals surface area contributed by atoms with Crippen LogP contribution in [0.15, 0.2) is 51.7 Å². The fourth-order valence-corrected chi connectivity index (χ4v) is 2.53. The minimum atomic E-state index is -0.415. The van der Waals surface area contributed by atoms with E-state index in [9.17, 15) is 4.79 Å². The average molecular weight is 282 g/mol. The molecule has 2 aromatic carbocycles. The van der Waals surface area contributed by atoms with Gasteiger partial charge in [0, 0.05) is 6.04 Å². The lowest BCUT2D eigenvalue weighted by molar-refractivity contribution is 0.551. The van der Waals surface area contributed by atoms with Gasteiger partial charge in [-0.2, -0.15) is 0 Å². The summed E-state index contributed by atoms with van der Waals surface area (Å²) in [6, 6.07) is 14.5. The molecule has 108 valence electrons. The van der Waals surface area contributed by atoms with Crippen LogP contribution in [0.2, 0.25) is 0 Å². The Hall–Kier alpha value is -2.33. The summed E-state index contributed by atoms with van der Waals surface area (Å²) < 4.78 is 5.13. The first kappa shape index (κ1) is 13.6. The Balaban J connectivity index is 1.89. The van der Waals surface area contributed by atoms with Crippen LogP contribution < -0.4 is 11.1 Å². The Kier molecular flexibility index (Phi) is 3.62. The zero-order valence-electron chi connectivity index (χ0n) is 12.1. The van der Waals surface area contributed by atoms with Crippen LogP contribution in [0, 0.1) is 6.92 Å². The number of aryl methyl sites for hydroxylation is 1. The molecule has 2 N–H and O–H groups in total. The van der Waals surface area contributed by atoms with Crippen LogP contribution in [0.4, 0.5) is 0 Å². The summed E-state index contributed by atoms with van der Waals surface area (Å²) in [6.45, 7) is 2.08. The number of aromatic amines is 1. The van der Waals surface area contributed by atoms with E-state index in [4.69, 9.17) is 4.42 Å². The molecule has 0 aliphatic rings. The predicted molar refractivity (Wildman–Crippen MR) is 83.5 cm³/mol. The van der Waals surface area contributed by atoms with Gasteiger partial charge in [-0.25, -0.2) is 4.79 Å². The molecule has 4 heteroatoms. The molecule has 1 atom stereocenters. The fraction of sp³-hybridized carbons (Fsp3) is 0.235. The normalized spacial score (nSPS) is 12.7. The molecule has 0 amide bonds. The van der Waals surface area contributed by atoms with Crippen molar-refractivity contribution in [2.75, 3.05) is 7.05 Å². The van der Waals surface area contributed by atoms with Crippen molar-refractivity contribution in [1.82, 2.24) is 10.3 Å². The van der Waals surface area contributed by atoms with E-state index in [1.54, 1.807) is 0 Å². The van der Waals surface area contributed by atoms with E-state index in [1.165, 1.54) is 11.1 Å². The number of nitrogens with one attached hydrogen (secondary N) is 2. The number of oxazole rings is 1. The molecule has 0 spiro atoms. The molecule has 3 rings (SSSR count). The van der Waals surface area contributed by atoms with Crippen LogP contribution in [0.3, 0.4) is 0 Å². The summed E-state index contributed by atoms with van der Waals surface area (Å²) in [4.78, 5) is 13.9. The van der Waals surface area contributed by atoms with Crippen molar-refractivity contribution < 1.29 is 4.42 Å². The highest BCUT2D eigenvalue weighted by Gasteiger charge is 2.12. The highest BCUT2D eigenvalue weighted by molar-refractivity contribution is 5.72. The first-order valence-electron chi connectivity index (χ1n) is 7.01. The third kappa shape index (κ3) is 2.90. The number of hydrogen-bond acceptors (Lipinski definition) is 3. The van der Waals surface area contributed by atoms with Crippen LogP contribution >= 0.6 is 0 Å². The van der Waals surface area contributed by atoms with Crippen molar-refractivity contribution in [3.63, 3.8) is 0 Å². The van der Waals surface area contributed by atoms with E-state index < -0.39 is 5.76 Å². The zero-order chi connectivity index (χ0) is 14.8. The fourth-order valence-electron chi connectivity index (χ4n) is 2.53. The molecule has 1 heterocycles. The maximum Gasteiger partial charge on any atom is 0.417 e. The highest BCUT2D eigenvalue weighted by Crippen LogP contribution is 2.22. The number of H-pyrrole nitrogens is 1. The Morgan fingerprint density at radius 2 is 1.95 bits per heavy atom. The largest absolute Gasteiger partial charge is 0.417 e. The number of benzene rings is 2. The van der Waals surface area contributed by atoms with Gasteiger partial charge in [0.15, 0.2) is 5.58 Å². The smallest absolute Gasteiger partial charge is 0.408 e. The maximum atomic E-state index is 11.2. The second kappa shape index (κ2) is 5.58. The number of fused-ring (bicyclic) bond motifs is 1. The standard InChI is InChI=1S/C17H18N2O2/c1-11-3-5-12(6-4-11)9-15(18-2)13-7-8-14-16(10-13)21-17(20)19-14/h3-8,10,15,18H,9H2,1-2H3,(H,19,20). The molecule has 0 saturated heterocycles. The monoisotopic (exact) mass is 282 g/mol. The van der Waals surface area contributed by atoms with Crippen LogP contribution in [-0.4, -0.2) is 12.0 Å². The number of likely N-dealkylation sites (N-methyl/N-ethyl adjacent to an activating group) is 1. The minimum absolute atomic E-state index is 0.178. The summed E-state index contributed by atoms with van der Waals surface area (Å²) in [7, 11) is 1.94. The topological polar surface area (TPSA) is 58.0 Å². The second-order valence-corrected chi connectivity index (χ2v) is 5.30. The van der Waals surface area contributed by atoms with Gasteiger partial charge < -0.3 is 9.73 Å². The molecule has 4 nitrogen and oxygen atoms in total. The van der Waals surface area contributed by atoms with Gasteiger partial charge in [0.05, 0.1) is 5.52 Å². The van der Waals surface area contributed by atoms with E-state index in [0.717, 1.165) is 17.5 Å². The summed E-state index contributed by atoms with van der Waals surface area (Å²) in [5.74, 6) is -0.415. The lowest BCUT2D eigenvalue weighted by atomic mass is 9.98. The van der Waals surface area contributed by atoms with Crippen molar-refractivity contribution in [2.24, 2.45) is 0 Å². The van der Waals surface area contributed by atoms with Gasteiger partial charge >= 0.3 is 5.76 Å². The molecule has 0 aliphatic heterocycles. The molecule has 0 saturated carbocycles. The lowest BCUT2D eigenvalue weighted by Gasteiger charge is -2.16. The van der Waals surface area contributed by atoms with Crippen LogP contribution in [-0.2, 0) is 6.42 Å². The maximum absolute atomic E-state index is 11.2. The van der Waals surface area contributed by atoms with Gasteiger partial charge in [-0.05, 0) is 43.7 Å². The molecule has 21 heavy (non-hydrogen) atoms. The molecule has 0 bridgehead atoms. The SMILES string of the molecule is CNC(Cc1ccc(C)cc1)c1ccc2[nH]c(=O)oc2c1. The van der Waals surface area contributed by atoms with Crippen molar-refractivity contribution in [2.45, 2.75) is 19.4 Å². The number of aromatic nitrogens is 1. The molecule has 0 radical (unpaired) electrons. The lowest BCUT2D eigenvalue weighted by Crippen LogP contribution is -2.18. The third-order valence-corrected chi connectivity index (χ3v) is 3.76. The van der Waals surface area contributed by atoms with Gasteiger partial charge in [-0.3, -0.25) is 4.98 Å². The molecule has 3 aromatic rings. The van der Waals surface area contributed by atoms with E-state index in [0.29, 0.717) is 5.58 Å². The van der Waals surface area contributed by atoms with Crippen molar-refractivity contribution in [3.05, 3.63) is 69.7 Å². The Morgan fingerprint density at radius 1 is 1.19 bits per heavy atom. The van der Waals surface area contributed by atoms with Gasteiger partial charge in [0.2, 0.25) is 0 Å². The molecule has 0 aliphatic carbocycles. The van der Waals surface area contributed by atoms with Crippen LogP contribution in [0.25, 0.3) is 11.1 Å². The van der Waals surface area contributed by atoms with Crippen LogP contribution in [0.5, 0.6) is 0 Å². The van der Waals surface area contributed by atoms with Gasteiger partial charge in [0.25, 0.3) is 0 Å². The molecule has 0 fully saturated rings. The van der Waals surface area contributed by atoms with Crippen LogP contribution in [0.1, 0.15) is 22.7 Å². The Labute approximate surface area is 122 Å². The van der Waals surface area contributed by atoms with E-state index in [1.807, 2.05) is 25.2 Å². The van der Waals surface area contributed by atoms with Gasteiger partial charge in [0.1, 0.15) is 0 Å². The summed E-state index contributed by atoms with van der Waals surface area (Å²) in [6.07, 6.45) is 0.886. The van der Waals surface area contributed by atoms with E-state index >= 15 is 0 Å². The minimum Gasteiger partial charge on any atom is -0.408 e. The highest BCUT2D eigenvalue weighted by atomic mass is 16.4. The average Bonchev–Trinajstić information content (AvgIpc) is 2.85. The second-order valence-electron chi connectivity index (χ2n) is 5.30. The molecular weight excluding hydrogens is 264 g/mol. The molecule has 1 unspecified atom stereocenters. The first-order chi connectivity index (χ1) is 10.2. The predicted octanol–water partition coefficient (Wildman–Crippen LogP) is 2.93. The number of hydrogen-bond donors (Lipinski definition) is 2. The van der Waals surface area contributed by atoms with E-state index in [2.05, 4.69) is 41.5 Å². The molecular formula is C17H18N2O2. The first-order valence-corrected chi connectivity index (χ1v) is 7.01. The zero-order valence-corrected chi connectivity index (χ0v) is 12.1. The van der Waals surface area contributed by atoms with Crippen molar-refractivity contribution >= 4 is 11.1 Å². The summed E-state index contributed by atoms with van der Waals surface area (Å²) in [5, 5.41) is 3.32. The van der Waals surface area contributed by atoms with Crippen molar-refractivity contribution in [1.29, 1.82) is 0 Å². The van der Waals surface area contributed by atoms with E-state index in [-0.39, 0.29) is 6.04 Å². The molecule has 1 aromatic heterocycles. The van der Waals surface area contributed by atoms with Gasteiger partial charge in [-0.1, -0.05) is 35.9 Å². The Morgan fingerprint density at radius 3 is 2.67 bits per heavy atom. The third-order valence-electron chi connectivity index (χ3n) is 3.76. The summed E-state index contributed by atoms with van der Waals surface area (Å²) in [5.41, 5.74) is 4.97. The number of rotatable bonds is 4. The quantitative estimate of drug-likeness (QED) is 0.773.